The SMILES string of the molecule is OCC1CCC2(CCOCC2)CN1C[C@@H]1C[C@H]1c1ccccc1. The van der Waals surface area contributed by atoms with E-state index in [0.717, 1.165) is 38.0 Å². The molecule has 1 unspecified atom stereocenters. The Bertz CT molecular complexity index is 512. The maximum absolute atomic E-state index is 9.80. The van der Waals surface area contributed by atoms with Gasteiger partial charge in [-0.25, -0.2) is 0 Å². The van der Waals surface area contributed by atoms with Gasteiger partial charge in [-0.2, -0.15) is 0 Å². The lowest BCUT2D eigenvalue weighted by Gasteiger charge is -2.48. The summed E-state index contributed by atoms with van der Waals surface area (Å²) in [7, 11) is 0. The van der Waals surface area contributed by atoms with Gasteiger partial charge in [0, 0.05) is 32.3 Å². The number of rotatable bonds is 4. The number of likely N-dealkylation sites (tertiary alicyclic amines) is 1. The molecule has 2 aliphatic heterocycles. The molecule has 1 aliphatic carbocycles. The van der Waals surface area contributed by atoms with Crippen molar-refractivity contribution in [3.8, 4) is 0 Å². The molecule has 1 spiro atoms. The van der Waals surface area contributed by atoms with Gasteiger partial charge in [0.1, 0.15) is 0 Å². The van der Waals surface area contributed by atoms with Crippen molar-refractivity contribution in [2.75, 3.05) is 32.9 Å². The molecule has 0 amide bonds. The molecule has 1 saturated carbocycles. The second-order valence-electron chi connectivity index (χ2n) is 7.93. The van der Waals surface area contributed by atoms with Gasteiger partial charge in [-0.3, -0.25) is 4.90 Å². The van der Waals surface area contributed by atoms with Gasteiger partial charge in [0.15, 0.2) is 0 Å². The van der Waals surface area contributed by atoms with Gasteiger partial charge in [0.2, 0.25) is 0 Å². The van der Waals surface area contributed by atoms with Crippen molar-refractivity contribution in [3.63, 3.8) is 0 Å². The molecule has 0 radical (unpaired) electrons. The Labute approximate surface area is 139 Å². The molecule has 4 rings (SSSR count). The molecular formula is C20H29NO2. The molecular weight excluding hydrogens is 286 g/mol. The Morgan fingerprint density at radius 1 is 1.13 bits per heavy atom. The first-order valence-electron chi connectivity index (χ1n) is 9.27. The summed E-state index contributed by atoms with van der Waals surface area (Å²) in [6, 6.07) is 11.3. The minimum absolute atomic E-state index is 0.315. The topological polar surface area (TPSA) is 32.7 Å². The maximum atomic E-state index is 9.80. The molecule has 3 fully saturated rings. The Kier molecular flexibility index (Phi) is 4.44. The van der Waals surface area contributed by atoms with Crippen LogP contribution in [-0.2, 0) is 4.74 Å². The van der Waals surface area contributed by atoms with Crippen LogP contribution in [-0.4, -0.2) is 49.0 Å². The van der Waals surface area contributed by atoms with Crippen molar-refractivity contribution < 1.29 is 9.84 Å². The van der Waals surface area contributed by atoms with Crippen molar-refractivity contribution in [2.24, 2.45) is 11.3 Å². The van der Waals surface area contributed by atoms with Gasteiger partial charge in [0.05, 0.1) is 6.61 Å². The summed E-state index contributed by atoms with van der Waals surface area (Å²) in [5, 5.41) is 9.80. The average Bonchev–Trinajstić information content (AvgIpc) is 3.36. The Hall–Kier alpha value is -0.900. The zero-order valence-electron chi connectivity index (χ0n) is 14.0. The van der Waals surface area contributed by atoms with Crippen LogP contribution in [0.5, 0.6) is 0 Å². The summed E-state index contributed by atoms with van der Waals surface area (Å²) in [6.07, 6.45) is 6.14. The third-order valence-electron chi connectivity index (χ3n) is 6.45. The van der Waals surface area contributed by atoms with Crippen LogP contribution < -0.4 is 0 Å². The zero-order chi connectivity index (χ0) is 15.7. The molecule has 1 aromatic rings. The highest BCUT2D eigenvalue weighted by Gasteiger charge is 2.45. The molecule has 2 saturated heterocycles. The molecule has 3 nitrogen and oxygen atoms in total. The lowest BCUT2D eigenvalue weighted by atomic mass is 9.72. The lowest BCUT2D eigenvalue weighted by molar-refractivity contribution is -0.0535. The average molecular weight is 315 g/mol. The molecule has 1 aromatic carbocycles. The molecule has 2 heterocycles. The van der Waals surface area contributed by atoms with Crippen LogP contribution in [0, 0.1) is 11.3 Å². The van der Waals surface area contributed by atoms with Crippen molar-refractivity contribution in [1.29, 1.82) is 0 Å². The number of piperidine rings is 1. The molecule has 23 heavy (non-hydrogen) atoms. The van der Waals surface area contributed by atoms with E-state index < -0.39 is 0 Å². The van der Waals surface area contributed by atoms with Gasteiger partial charge in [-0.15, -0.1) is 0 Å². The summed E-state index contributed by atoms with van der Waals surface area (Å²) in [5.41, 5.74) is 1.96. The van der Waals surface area contributed by atoms with E-state index in [-0.39, 0.29) is 0 Å². The molecule has 3 atom stereocenters. The zero-order valence-corrected chi connectivity index (χ0v) is 14.0. The van der Waals surface area contributed by atoms with Crippen LogP contribution in [0.1, 0.15) is 43.6 Å². The number of ether oxygens (including phenoxy) is 1. The van der Waals surface area contributed by atoms with E-state index in [2.05, 4.69) is 35.2 Å². The van der Waals surface area contributed by atoms with Crippen LogP contribution in [0.2, 0.25) is 0 Å². The summed E-state index contributed by atoms with van der Waals surface area (Å²) in [6.45, 7) is 4.49. The highest BCUT2D eigenvalue weighted by Crippen LogP contribution is 2.49. The van der Waals surface area contributed by atoms with E-state index in [1.165, 1.54) is 37.8 Å². The van der Waals surface area contributed by atoms with E-state index >= 15 is 0 Å². The highest BCUT2D eigenvalue weighted by atomic mass is 16.5. The maximum Gasteiger partial charge on any atom is 0.0586 e. The van der Waals surface area contributed by atoms with E-state index in [1.807, 2.05) is 0 Å². The number of hydrogen-bond acceptors (Lipinski definition) is 3. The number of aliphatic hydroxyl groups is 1. The predicted octanol–water partition coefficient (Wildman–Crippen LogP) is 3.04. The first kappa shape index (κ1) is 15.6. The van der Waals surface area contributed by atoms with Crippen molar-refractivity contribution in [1.82, 2.24) is 4.90 Å². The quantitative estimate of drug-likeness (QED) is 0.927. The largest absolute Gasteiger partial charge is 0.395 e. The first-order valence-corrected chi connectivity index (χ1v) is 9.27. The Morgan fingerprint density at radius 2 is 1.91 bits per heavy atom. The smallest absolute Gasteiger partial charge is 0.0586 e. The van der Waals surface area contributed by atoms with Gasteiger partial charge in [-0.05, 0) is 54.9 Å². The number of nitrogens with zero attached hydrogens (tertiary/aromatic N) is 1. The number of benzene rings is 1. The second kappa shape index (κ2) is 6.54. The van der Waals surface area contributed by atoms with Gasteiger partial charge in [0.25, 0.3) is 0 Å². The van der Waals surface area contributed by atoms with Gasteiger partial charge >= 0.3 is 0 Å². The normalized spacial score (nSPS) is 33.7. The van der Waals surface area contributed by atoms with Crippen LogP contribution in [0.4, 0.5) is 0 Å². The molecule has 3 heteroatoms. The monoisotopic (exact) mass is 315 g/mol. The summed E-state index contributed by atoms with van der Waals surface area (Å²) >= 11 is 0. The van der Waals surface area contributed by atoms with E-state index in [9.17, 15) is 5.11 Å². The summed E-state index contributed by atoms with van der Waals surface area (Å²) < 4.78 is 5.59. The number of aliphatic hydroxyl groups excluding tert-OH is 1. The molecule has 1 N–H and O–H groups in total. The van der Waals surface area contributed by atoms with Crippen LogP contribution in [0.25, 0.3) is 0 Å². The third kappa shape index (κ3) is 3.33. The fourth-order valence-corrected chi connectivity index (χ4v) is 4.79. The standard InChI is InChI=1S/C20H29NO2/c22-14-18-6-7-20(8-10-23-11-9-20)15-21(18)13-17-12-19(17)16-4-2-1-3-5-16/h1-5,17-19,22H,6-15H2/t17-,18?,19-/m0/s1. The highest BCUT2D eigenvalue weighted by molar-refractivity contribution is 5.25. The Morgan fingerprint density at radius 3 is 2.65 bits per heavy atom. The van der Waals surface area contributed by atoms with Crippen LogP contribution in [0.3, 0.4) is 0 Å². The lowest BCUT2D eigenvalue weighted by Crippen LogP contribution is -2.52. The van der Waals surface area contributed by atoms with Crippen molar-refractivity contribution in [3.05, 3.63) is 35.9 Å². The van der Waals surface area contributed by atoms with E-state index in [4.69, 9.17) is 4.74 Å². The molecule has 126 valence electrons. The van der Waals surface area contributed by atoms with Gasteiger partial charge < -0.3 is 9.84 Å². The third-order valence-corrected chi connectivity index (χ3v) is 6.45. The summed E-state index contributed by atoms with van der Waals surface area (Å²) in [4.78, 5) is 2.61. The Balaban J connectivity index is 1.40. The van der Waals surface area contributed by atoms with Crippen LogP contribution >= 0.6 is 0 Å². The summed E-state index contributed by atoms with van der Waals surface area (Å²) in [5.74, 6) is 1.52. The van der Waals surface area contributed by atoms with Gasteiger partial charge in [-0.1, -0.05) is 30.3 Å². The second-order valence-corrected chi connectivity index (χ2v) is 7.93. The predicted molar refractivity (Wildman–Crippen MR) is 91.5 cm³/mol. The fourth-order valence-electron chi connectivity index (χ4n) is 4.79. The molecule has 0 bridgehead atoms. The molecule has 3 aliphatic rings. The van der Waals surface area contributed by atoms with Crippen LogP contribution in [0.15, 0.2) is 30.3 Å². The van der Waals surface area contributed by atoms with Crippen molar-refractivity contribution >= 4 is 0 Å². The van der Waals surface area contributed by atoms with E-state index in [0.29, 0.717) is 18.1 Å². The van der Waals surface area contributed by atoms with Crippen molar-refractivity contribution in [2.45, 2.75) is 44.1 Å². The number of hydrogen-bond donors (Lipinski definition) is 1. The fraction of sp³-hybridized carbons (Fsp3) is 0.700. The minimum atomic E-state index is 0.315. The van der Waals surface area contributed by atoms with E-state index in [1.54, 1.807) is 0 Å². The molecule has 0 aromatic heterocycles. The minimum Gasteiger partial charge on any atom is -0.395 e. The first-order chi connectivity index (χ1) is 11.3.